The number of aryl methyl sites for hydroxylation is 1. The Balaban J connectivity index is 1.99. The van der Waals surface area contributed by atoms with Crippen molar-refractivity contribution in [3.05, 3.63) is 75.0 Å². The number of fused-ring (bicyclic) bond motifs is 1. The zero-order chi connectivity index (χ0) is 23.8. The molecule has 0 radical (unpaired) electrons. The molecule has 1 aliphatic rings. The lowest BCUT2D eigenvalue weighted by Crippen LogP contribution is -2.46. The van der Waals surface area contributed by atoms with Gasteiger partial charge in [0.15, 0.2) is 0 Å². The SMILES string of the molecule is Cc1cccn2c(=O)c(/C=C(\C#N)S(=O)(=O)c3ccccc3)c(N3C[C@H](C)O[C@@H](C)C3)nc12. The zero-order valence-electron chi connectivity index (χ0n) is 18.6. The molecule has 0 aliphatic carbocycles. The highest BCUT2D eigenvalue weighted by Gasteiger charge is 2.28. The molecule has 0 N–H and O–H groups in total. The summed E-state index contributed by atoms with van der Waals surface area (Å²) in [7, 11) is -4.12. The molecule has 1 aliphatic heterocycles. The van der Waals surface area contributed by atoms with E-state index in [4.69, 9.17) is 9.72 Å². The molecule has 0 unspecified atom stereocenters. The van der Waals surface area contributed by atoms with Crippen LogP contribution in [0.3, 0.4) is 0 Å². The van der Waals surface area contributed by atoms with Gasteiger partial charge >= 0.3 is 0 Å². The maximum absolute atomic E-state index is 13.5. The summed E-state index contributed by atoms with van der Waals surface area (Å²) in [5.41, 5.74) is 0.890. The highest BCUT2D eigenvalue weighted by atomic mass is 32.2. The third-order valence-electron chi connectivity index (χ3n) is 5.51. The summed E-state index contributed by atoms with van der Waals surface area (Å²) in [6.45, 7) is 6.67. The minimum absolute atomic E-state index is 0.0161. The molecule has 1 fully saturated rings. The standard InChI is InChI=1S/C24H24N4O4S/c1-16-8-7-11-28-22(16)26-23(27-14-17(2)32-18(3)15-27)21(24(28)29)12-20(13-25)33(30,31)19-9-5-4-6-10-19/h4-12,17-18H,14-15H2,1-3H3/b20-12+/t17-,18-/m0/s1. The zero-order valence-corrected chi connectivity index (χ0v) is 19.4. The van der Waals surface area contributed by atoms with Gasteiger partial charge in [-0.15, -0.1) is 0 Å². The number of aromatic nitrogens is 2. The number of ether oxygens (including phenoxy) is 1. The van der Waals surface area contributed by atoms with Crippen molar-refractivity contribution in [1.82, 2.24) is 9.38 Å². The summed E-state index contributed by atoms with van der Waals surface area (Å²) < 4.78 is 33.5. The van der Waals surface area contributed by atoms with Gasteiger partial charge in [0.25, 0.3) is 5.56 Å². The van der Waals surface area contributed by atoms with E-state index in [1.54, 1.807) is 36.5 Å². The first kappa shape index (κ1) is 22.7. The largest absolute Gasteiger partial charge is 0.372 e. The van der Waals surface area contributed by atoms with Gasteiger partial charge in [0, 0.05) is 19.3 Å². The van der Waals surface area contributed by atoms with Crippen LogP contribution in [0.15, 0.2) is 63.3 Å². The normalized spacial score (nSPS) is 19.5. The van der Waals surface area contributed by atoms with Gasteiger partial charge in [-0.3, -0.25) is 9.20 Å². The number of hydrogen-bond donors (Lipinski definition) is 0. The Hall–Kier alpha value is -3.48. The number of nitrogens with zero attached hydrogens (tertiary/aromatic N) is 4. The number of sulfone groups is 1. The molecular weight excluding hydrogens is 440 g/mol. The third kappa shape index (κ3) is 4.27. The maximum Gasteiger partial charge on any atom is 0.267 e. The molecule has 33 heavy (non-hydrogen) atoms. The van der Waals surface area contributed by atoms with Gasteiger partial charge in [0.1, 0.15) is 22.4 Å². The number of allylic oxidation sites excluding steroid dienone is 1. The summed E-state index contributed by atoms with van der Waals surface area (Å²) in [5, 5.41) is 9.76. The first-order valence-corrected chi connectivity index (χ1v) is 12.0. The molecule has 2 atom stereocenters. The minimum atomic E-state index is -4.12. The summed E-state index contributed by atoms with van der Waals surface area (Å²) >= 11 is 0. The van der Waals surface area contributed by atoms with Crippen LogP contribution in [0.2, 0.25) is 0 Å². The first-order chi connectivity index (χ1) is 15.7. The summed E-state index contributed by atoms with van der Waals surface area (Å²) in [4.78, 5) is 19.7. The van der Waals surface area contributed by atoms with Crippen LogP contribution >= 0.6 is 0 Å². The monoisotopic (exact) mass is 464 g/mol. The van der Waals surface area contributed by atoms with E-state index in [2.05, 4.69) is 0 Å². The van der Waals surface area contributed by atoms with Crippen molar-refractivity contribution < 1.29 is 13.2 Å². The van der Waals surface area contributed by atoms with Gasteiger partial charge in [-0.2, -0.15) is 5.26 Å². The van der Waals surface area contributed by atoms with Crippen molar-refractivity contribution in [2.75, 3.05) is 18.0 Å². The predicted molar refractivity (Wildman–Crippen MR) is 126 cm³/mol. The van der Waals surface area contributed by atoms with Gasteiger partial charge in [-0.05, 0) is 50.6 Å². The van der Waals surface area contributed by atoms with E-state index < -0.39 is 20.3 Å². The molecule has 8 nitrogen and oxygen atoms in total. The molecule has 3 heterocycles. The Morgan fingerprint density at radius 3 is 2.45 bits per heavy atom. The van der Waals surface area contributed by atoms with Crippen LogP contribution in [-0.4, -0.2) is 43.1 Å². The van der Waals surface area contributed by atoms with E-state index >= 15 is 0 Å². The van der Waals surface area contributed by atoms with Gasteiger partial charge in [-0.25, -0.2) is 13.4 Å². The van der Waals surface area contributed by atoms with Gasteiger partial charge in [0.2, 0.25) is 9.84 Å². The number of benzene rings is 1. The second-order valence-corrected chi connectivity index (χ2v) is 10.1. The molecule has 3 aromatic rings. The molecule has 170 valence electrons. The van der Waals surface area contributed by atoms with Gasteiger partial charge < -0.3 is 9.64 Å². The summed E-state index contributed by atoms with van der Waals surface area (Å²) in [6, 6.07) is 13.0. The molecule has 2 aromatic heterocycles. The second-order valence-electron chi connectivity index (χ2n) is 8.14. The quantitative estimate of drug-likeness (QED) is 0.547. The number of morpholine rings is 1. The van der Waals surface area contributed by atoms with Gasteiger partial charge in [-0.1, -0.05) is 24.3 Å². The van der Waals surface area contributed by atoms with Crippen LogP contribution in [0.1, 0.15) is 25.0 Å². The van der Waals surface area contributed by atoms with E-state index in [-0.39, 0.29) is 22.7 Å². The summed E-state index contributed by atoms with van der Waals surface area (Å²) in [5.74, 6) is 0.340. The highest BCUT2D eigenvalue weighted by Crippen LogP contribution is 2.26. The molecule has 0 bridgehead atoms. The van der Waals surface area contributed by atoms with Crippen molar-refractivity contribution in [2.24, 2.45) is 0 Å². The minimum Gasteiger partial charge on any atom is -0.372 e. The number of pyridine rings is 1. The molecule has 0 amide bonds. The van der Waals surface area contributed by atoms with Gasteiger partial charge in [0.05, 0.1) is 22.7 Å². The average Bonchev–Trinajstić information content (AvgIpc) is 2.78. The van der Waals surface area contributed by atoms with E-state index in [0.29, 0.717) is 24.6 Å². The molecule has 9 heteroatoms. The fourth-order valence-corrected chi connectivity index (χ4v) is 5.21. The fraction of sp³-hybridized carbons (Fsp3) is 0.292. The average molecular weight is 465 g/mol. The van der Waals surface area contributed by atoms with E-state index in [9.17, 15) is 18.5 Å². The Bertz CT molecular complexity index is 1430. The van der Waals surface area contributed by atoms with Crippen molar-refractivity contribution >= 4 is 27.4 Å². The lowest BCUT2D eigenvalue weighted by Gasteiger charge is -2.36. The fourth-order valence-electron chi connectivity index (χ4n) is 4.05. The predicted octanol–water partition coefficient (Wildman–Crippen LogP) is 2.95. The highest BCUT2D eigenvalue weighted by molar-refractivity contribution is 7.95. The number of anilines is 1. The number of hydrogen-bond acceptors (Lipinski definition) is 7. The van der Waals surface area contributed by atoms with Crippen LogP contribution < -0.4 is 10.5 Å². The van der Waals surface area contributed by atoms with Crippen molar-refractivity contribution in [1.29, 1.82) is 5.26 Å². The molecule has 4 rings (SSSR count). The van der Waals surface area contributed by atoms with Crippen LogP contribution in [0.5, 0.6) is 0 Å². The van der Waals surface area contributed by atoms with E-state index in [1.165, 1.54) is 16.5 Å². The third-order valence-corrected chi connectivity index (χ3v) is 7.19. The molecule has 0 spiro atoms. The molecule has 1 saturated heterocycles. The molecule has 1 aromatic carbocycles. The number of rotatable bonds is 4. The van der Waals surface area contributed by atoms with Crippen LogP contribution in [0.25, 0.3) is 11.7 Å². The maximum atomic E-state index is 13.5. The Morgan fingerprint density at radius 1 is 1.15 bits per heavy atom. The van der Waals surface area contributed by atoms with E-state index in [0.717, 1.165) is 11.6 Å². The van der Waals surface area contributed by atoms with Crippen LogP contribution in [0, 0.1) is 18.3 Å². The Labute approximate surface area is 192 Å². The van der Waals surface area contributed by atoms with E-state index in [1.807, 2.05) is 31.7 Å². The summed E-state index contributed by atoms with van der Waals surface area (Å²) in [6.07, 6.45) is 2.52. The molecule has 0 saturated carbocycles. The Morgan fingerprint density at radius 2 is 1.82 bits per heavy atom. The van der Waals surface area contributed by atoms with Crippen molar-refractivity contribution in [2.45, 2.75) is 37.9 Å². The Kier molecular flexibility index (Phi) is 6.06. The van der Waals surface area contributed by atoms with Crippen LogP contribution in [0.4, 0.5) is 5.82 Å². The lowest BCUT2D eigenvalue weighted by atomic mass is 10.1. The number of nitriles is 1. The lowest BCUT2D eigenvalue weighted by molar-refractivity contribution is -0.00546. The second kappa shape index (κ2) is 8.81. The topological polar surface area (TPSA) is 105 Å². The first-order valence-electron chi connectivity index (χ1n) is 10.6. The molecular formula is C24H24N4O4S. The van der Waals surface area contributed by atoms with Crippen LogP contribution in [-0.2, 0) is 14.6 Å². The smallest absolute Gasteiger partial charge is 0.267 e. The van der Waals surface area contributed by atoms with Crippen molar-refractivity contribution in [3.63, 3.8) is 0 Å². The van der Waals surface area contributed by atoms with Crippen molar-refractivity contribution in [3.8, 4) is 6.07 Å².